The molecule has 0 fully saturated rings. The van der Waals surface area contributed by atoms with Gasteiger partial charge in [-0.25, -0.2) is 4.79 Å². The van der Waals surface area contributed by atoms with Gasteiger partial charge >= 0.3 is 11.0 Å². The zero-order valence-corrected chi connectivity index (χ0v) is 12.7. The van der Waals surface area contributed by atoms with Crippen LogP contribution in [-0.2, 0) is 4.74 Å². The Hall–Kier alpha value is -2.26. The van der Waals surface area contributed by atoms with Crippen LogP contribution < -0.4 is 5.32 Å². The Balaban J connectivity index is 2.25. The predicted molar refractivity (Wildman–Crippen MR) is 79.3 cm³/mol. The third-order valence-electron chi connectivity index (χ3n) is 2.61. The Morgan fingerprint density at radius 1 is 1.33 bits per heavy atom. The molecule has 2 aromatic heterocycles. The lowest BCUT2D eigenvalue weighted by molar-refractivity contribution is -0.380. The lowest BCUT2D eigenvalue weighted by atomic mass is 10.2. The molecule has 2 heterocycles. The van der Waals surface area contributed by atoms with Gasteiger partial charge in [-0.2, -0.15) is 0 Å². The lowest BCUT2D eigenvalue weighted by Gasteiger charge is -2.05. The van der Waals surface area contributed by atoms with Gasteiger partial charge < -0.3 is 10.1 Å². The quantitative estimate of drug-likeness (QED) is 0.529. The summed E-state index contributed by atoms with van der Waals surface area (Å²) < 4.78 is 4.65. The first-order valence-corrected chi connectivity index (χ1v) is 7.40. The van der Waals surface area contributed by atoms with E-state index in [0.29, 0.717) is 5.69 Å². The molecule has 0 aliphatic rings. The van der Waals surface area contributed by atoms with Gasteiger partial charge in [-0.05, 0) is 17.9 Å². The Kier molecular flexibility index (Phi) is 4.34. The van der Waals surface area contributed by atoms with Gasteiger partial charge in [0.1, 0.15) is 4.88 Å². The van der Waals surface area contributed by atoms with Crippen molar-refractivity contribution in [3.63, 3.8) is 0 Å². The topological polar surface area (TPSA) is 98.5 Å². The van der Waals surface area contributed by atoms with Crippen molar-refractivity contribution in [2.45, 2.75) is 6.92 Å². The Labute approximate surface area is 127 Å². The Morgan fingerprint density at radius 2 is 2.05 bits per heavy atom. The summed E-state index contributed by atoms with van der Waals surface area (Å²) >= 11 is 2.03. The molecular formula is C12H10N2O5S2. The van der Waals surface area contributed by atoms with Crippen molar-refractivity contribution >= 4 is 45.2 Å². The van der Waals surface area contributed by atoms with Crippen LogP contribution in [0.15, 0.2) is 16.8 Å². The maximum absolute atomic E-state index is 12.1. The van der Waals surface area contributed by atoms with Crippen molar-refractivity contribution in [3.8, 4) is 0 Å². The van der Waals surface area contributed by atoms with E-state index >= 15 is 0 Å². The van der Waals surface area contributed by atoms with E-state index in [2.05, 4.69) is 10.1 Å². The van der Waals surface area contributed by atoms with Crippen molar-refractivity contribution in [1.29, 1.82) is 0 Å². The number of anilines is 1. The SMILES string of the molecule is COC(=O)c1scc(C)c1NC(=O)c1csc([N+](=O)[O-])c1. The molecule has 0 unspecified atom stereocenters. The first-order valence-electron chi connectivity index (χ1n) is 5.64. The van der Waals surface area contributed by atoms with Crippen LogP contribution in [0.2, 0.25) is 0 Å². The monoisotopic (exact) mass is 326 g/mol. The molecule has 110 valence electrons. The zero-order valence-electron chi connectivity index (χ0n) is 11.0. The van der Waals surface area contributed by atoms with E-state index in [0.717, 1.165) is 28.2 Å². The molecule has 7 nitrogen and oxygen atoms in total. The number of methoxy groups -OCH3 is 1. The van der Waals surface area contributed by atoms with Crippen molar-refractivity contribution in [3.05, 3.63) is 42.9 Å². The molecule has 21 heavy (non-hydrogen) atoms. The van der Waals surface area contributed by atoms with E-state index in [1.807, 2.05) is 0 Å². The summed E-state index contributed by atoms with van der Waals surface area (Å²) in [7, 11) is 1.26. The summed E-state index contributed by atoms with van der Waals surface area (Å²) in [6, 6.07) is 1.19. The third-order valence-corrected chi connectivity index (χ3v) is 4.57. The normalized spacial score (nSPS) is 10.2. The predicted octanol–water partition coefficient (Wildman–Crippen LogP) is 3.07. The first-order chi connectivity index (χ1) is 9.93. The molecule has 0 saturated carbocycles. The van der Waals surface area contributed by atoms with Crippen LogP contribution in [-0.4, -0.2) is 23.9 Å². The largest absolute Gasteiger partial charge is 0.465 e. The summed E-state index contributed by atoms with van der Waals surface area (Å²) in [6.07, 6.45) is 0. The standard InChI is InChI=1S/C12H10N2O5S2/c1-6-4-21-10(12(16)19-2)9(6)13-11(15)7-3-8(14(17)18)20-5-7/h3-5H,1-2H3,(H,13,15). The van der Waals surface area contributed by atoms with Crippen molar-refractivity contribution in [1.82, 2.24) is 0 Å². The number of rotatable bonds is 4. The number of nitrogens with zero attached hydrogens (tertiary/aromatic N) is 1. The molecule has 0 aliphatic heterocycles. The van der Waals surface area contributed by atoms with Gasteiger partial charge in [0.15, 0.2) is 0 Å². The molecule has 0 bridgehead atoms. The summed E-state index contributed by atoms with van der Waals surface area (Å²) in [4.78, 5) is 34.0. The van der Waals surface area contributed by atoms with E-state index in [1.165, 1.54) is 18.6 Å². The molecule has 0 aromatic carbocycles. The fourth-order valence-electron chi connectivity index (χ4n) is 1.57. The van der Waals surface area contributed by atoms with Gasteiger partial charge in [-0.1, -0.05) is 11.3 Å². The highest BCUT2D eigenvalue weighted by molar-refractivity contribution is 7.13. The number of ether oxygens (including phenoxy) is 1. The molecule has 0 spiro atoms. The number of amides is 1. The number of esters is 1. The van der Waals surface area contributed by atoms with Crippen molar-refractivity contribution in [2.75, 3.05) is 12.4 Å². The zero-order chi connectivity index (χ0) is 15.6. The number of carbonyl (C=O) groups excluding carboxylic acids is 2. The molecule has 1 amide bonds. The number of carbonyl (C=O) groups is 2. The van der Waals surface area contributed by atoms with Crippen LogP contribution in [0, 0.1) is 17.0 Å². The molecule has 2 aromatic rings. The fraction of sp³-hybridized carbons (Fsp3) is 0.167. The highest BCUT2D eigenvalue weighted by Crippen LogP contribution is 2.30. The van der Waals surface area contributed by atoms with Crippen LogP contribution in [0.4, 0.5) is 10.7 Å². The Morgan fingerprint density at radius 3 is 2.62 bits per heavy atom. The average Bonchev–Trinajstić information content (AvgIpc) is 3.06. The van der Waals surface area contributed by atoms with Crippen LogP contribution in [0.1, 0.15) is 25.6 Å². The van der Waals surface area contributed by atoms with E-state index in [-0.39, 0.29) is 15.4 Å². The average molecular weight is 326 g/mol. The van der Waals surface area contributed by atoms with Crippen molar-refractivity contribution < 1.29 is 19.2 Å². The summed E-state index contributed by atoms with van der Waals surface area (Å²) in [5.74, 6) is -1.05. The molecule has 9 heteroatoms. The van der Waals surface area contributed by atoms with Gasteiger partial charge in [0.2, 0.25) is 0 Å². The number of hydrogen-bond donors (Lipinski definition) is 1. The van der Waals surface area contributed by atoms with E-state index in [1.54, 1.807) is 12.3 Å². The summed E-state index contributed by atoms with van der Waals surface area (Å²) in [5.41, 5.74) is 1.26. The fourth-order valence-corrected chi connectivity index (χ4v) is 3.19. The number of nitrogens with one attached hydrogen (secondary N) is 1. The maximum Gasteiger partial charge on any atom is 0.350 e. The van der Waals surface area contributed by atoms with Gasteiger partial charge in [0.25, 0.3) is 5.91 Å². The number of aryl methyl sites for hydroxylation is 1. The van der Waals surface area contributed by atoms with E-state index < -0.39 is 16.8 Å². The van der Waals surface area contributed by atoms with E-state index in [9.17, 15) is 19.7 Å². The highest BCUT2D eigenvalue weighted by atomic mass is 32.1. The van der Waals surface area contributed by atoms with Gasteiger partial charge in [-0.15, -0.1) is 11.3 Å². The van der Waals surface area contributed by atoms with Gasteiger partial charge in [-0.3, -0.25) is 14.9 Å². The van der Waals surface area contributed by atoms with E-state index in [4.69, 9.17) is 0 Å². The minimum atomic E-state index is -0.558. The second-order valence-corrected chi connectivity index (χ2v) is 5.77. The lowest BCUT2D eigenvalue weighted by Crippen LogP contribution is -2.14. The minimum absolute atomic E-state index is 0.115. The summed E-state index contributed by atoms with van der Waals surface area (Å²) in [5, 5.41) is 16.2. The molecule has 0 atom stereocenters. The van der Waals surface area contributed by atoms with Gasteiger partial charge in [0.05, 0.1) is 23.3 Å². The molecule has 1 N–H and O–H groups in total. The number of hydrogen-bond acceptors (Lipinski definition) is 7. The molecule has 2 rings (SSSR count). The molecule has 0 aliphatic carbocycles. The number of nitro groups is 1. The second kappa shape index (κ2) is 6.02. The van der Waals surface area contributed by atoms with Crippen LogP contribution in [0.25, 0.3) is 0 Å². The Bertz CT molecular complexity index is 719. The highest BCUT2D eigenvalue weighted by Gasteiger charge is 2.21. The molecule has 0 saturated heterocycles. The smallest absolute Gasteiger partial charge is 0.350 e. The summed E-state index contributed by atoms with van der Waals surface area (Å²) in [6.45, 7) is 1.74. The van der Waals surface area contributed by atoms with Crippen molar-refractivity contribution in [2.24, 2.45) is 0 Å². The van der Waals surface area contributed by atoms with Crippen LogP contribution >= 0.6 is 22.7 Å². The first kappa shape index (κ1) is 15.1. The van der Waals surface area contributed by atoms with Gasteiger partial charge in [0, 0.05) is 11.4 Å². The minimum Gasteiger partial charge on any atom is -0.465 e. The second-order valence-electron chi connectivity index (χ2n) is 4.00. The van der Waals surface area contributed by atoms with Crippen LogP contribution in [0.5, 0.6) is 0 Å². The maximum atomic E-state index is 12.1. The van der Waals surface area contributed by atoms with Crippen LogP contribution in [0.3, 0.4) is 0 Å². The third kappa shape index (κ3) is 3.09. The molecule has 0 radical (unpaired) electrons. The number of thiophene rings is 2. The molecular weight excluding hydrogens is 316 g/mol.